The van der Waals surface area contributed by atoms with E-state index < -0.39 is 6.04 Å². The second kappa shape index (κ2) is 14.7. The number of amides is 2. The average molecular weight is 565 g/mol. The van der Waals surface area contributed by atoms with Crippen molar-refractivity contribution in [3.05, 3.63) is 63.6 Å². The van der Waals surface area contributed by atoms with Crippen LogP contribution in [0.15, 0.2) is 42.5 Å². The molecular formula is C28H39Cl2N5O3. The van der Waals surface area contributed by atoms with Crippen molar-refractivity contribution in [1.82, 2.24) is 20.4 Å². The maximum absolute atomic E-state index is 13.6. The number of methoxy groups -OCH3 is 1. The van der Waals surface area contributed by atoms with Gasteiger partial charge in [0.1, 0.15) is 6.04 Å². The van der Waals surface area contributed by atoms with Gasteiger partial charge >= 0.3 is 0 Å². The highest BCUT2D eigenvalue weighted by Gasteiger charge is 2.30. The first kappa shape index (κ1) is 30.2. The number of para-hydroxylation sites is 1. The van der Waals surface area contributed by atoms with Gasteiger partial charge in [0.25, 0.3) is 0 Å². The Morgan fingerprint density at radius 2 is 1.76 bits per heavy atom. The van der Waals surface area contributed by atoms with E-state index in [1.165, 1.54) is 11.3 Å². The molecule has 2 N–H and O–H groups in total. The summed E-state index contributed by atoms with van der Waals surface area (Å²) in [5, 5.41) is 7.44. The fourth-order valence-electron chi connectivity index (χ4n) is 4.58. The van der Waals surface area contributed by atoms with Crippen molar-refractivity contribution in [2.75, 3.05) is 65.4 Å². The molecule has 0 spiro atoms. The van der Waals surface area contributed by atoms with Gasteiger partial charge in [-0.1, -0.05) is 47.5 Å². The Morgan fingerprint density at radius 1 is 1.05 bits per heavy atom. The summed E-state index contributed by atoms with van der Waals surface area (Å²) in [6, 6.07) is 13.1. The molecule has 0 aromatic heterocycles. The van der Waals surface area contributed by atoms with Crippen LogP contribution in [0.3, 0.4) is 0 Å². The first-order valence-corrected chi connectivity index (χ1v) is 13.7. The first-order chi connectivity index (χ1) is 18.2. The third kappa shape index (κ3) is 8.85. The molecule has 208 valence electrons. The molecule has 1 fully saturated rings. The number of hydrogen-bond donors (Lipinski definition) is 2. The number of likely N-dealkylation sites (N-methyl/N-ethyl adjacent to an activating group) is 1. The van der Waals surface area contributed by atoms with Gasteiger partial charge in [-0.05, 0) is 50.3 Å². The Hall–Kier alpha value is -2.36. The molecule has 1 aliphatic heterocycles. The van der Waals surface area contributed by atoms with Gasteiger partial charge in [0.05, 0.1) is 13.2 Å². The molecule has 2 aromatic rings. The predicted molar refractivity (Wildman–Crippen MR) is 154 cm³/mol. The highest BCUT2D eigenvalue weighted by Crippen LogP contribution is 2.24. The Morgan fingerprint density at radius 3 is 2.42 bits per heavy atom. The zero-order valence-electron chi connectivity index (χ0n) is 22.7. The molecule has 1 heterocycles. The summed E-state index contributed by atoms with van der Waals surface area (Å²) >= 11 is 12.5. The molecule has 1 aliphatic rings. The van der Waals surface area contributed by atoms with Gasteiger partial charge in [-0.2, -0.15) is 0 Å². The molecule has 0 radical (unpaired) electrons. The van der Waals surface area contributed by atoms with Crippen LogP contribution in [-0.2, 0) is 27.3 Å². The number of nitrogens with zero attached hydrogens (tertiary/aromatic N) is 3. The van der Waals surface area contributed by atoms with E-state index in [1.807, 2.05) is 31.1 Å². The number of rotatable bonds is 12. The molecule has 8 nitrogen and oxygen atoms in total. The summed E-state index contributed by atoms with van der Waals surface area (Å²) in [7, 11) is 5.34. The van der Waals surface area contributed by atoms with E-state index in [0.29, 0.717) is 49.3 Å². The number of carbonyl (C=O) groups excluding carboxylic acids is 2. The molecule has 0 bridgehead atoms. The third-order valence-corrected chi connectivity index (χ3v) is 7.10. The van der Waals surface area contributed by atoms with Crippen molar-refractivity contribution in [3.8, 4) is 0 Å². The second-order valence-electron chi connectivity index (χ2n) is 9.98. The zero-order valence-corrected chi connectivity index (χ0v) is 24.2. The average Bonchev–Trinajstić information content (AvgIpc) is 2.88. The van der Waals surface area contributed by atoms with Crippen molar-refractivity contribution < 1.29 is 14.3 Å². The summed E-state index contributed by atoms with van der Waals surface area (Å²) in [4.78, 5) is 32.2. The van der Waals surface area contributed by atoms with Gasteiger partial charge < -0.3 is 30.1 Å². The fourth-order valence-corrected chi connectivity index (χ4v) is 5.07. The van der Waals surface area contributed by atoms with Crippen LogP contribution in [0.5, 0.6) is 0 Å². The number of anilines is 1. The molecule has 10 heteroatoms. The Bertz CT molecular complexity index is 1080. The summed E-state index contributed by atoms with van der Waals surface area (Å²) in [6.07, 6.45) is 0.294. The molecule has 0 aliphatic carbocycles. The number of carbonyl (C=O) groups is 2. The van der Waals surface area contributed by atoms with Crippen LogP contribution in [0, 0.1) is 0 Å². The van der Waals surface area contributed by atoms with Crippen LogP contribution in [0.1, 0.15) is 18.1 Å². The van der Waals surface area contributed by atoms with Gasteiger partial charge in [0.15, 0.2) is 0 Å². The Kier molecular flexibility index (Phi) is 11.7. The van der Waals surface area contributed by atoms with Crippen LogP contribution >= 0.6 is 23.2 Å². The standard InChI is InChI=1S/C28H39Cl2N5O3/c1-20(19-38-4)31-17-22-7-5-6-8-26(22)34-11-13-35(14-12-34)28(37)25(32-27(36)18-33(2)3)15-21-9-10-23(29)16-24(21)30/h5-10,16,20,25,31H,11-15,17-19H2,1-4H3,(H,32,36). The molecule has 2 unspecified atom stereocenters. The lowest BCUT2D eigenvalue weighted by atomic mass is 10.0. The smallest absolute Gasteiger partial charge is 0.245 e. The molecule has 1 saturated heterocycles. The largest absolute Gasteiger partial charge is 0.383 e. The minimum atomic E-state index is -0.716. The van der Waals surface area contributed by atoms with E-state index in [1.54, 1.807) is 30.2 Å². The topological polar surface area (TPSA) is 77.1 Å². The minimum absolute atomic E-state index is 0.105. The lowest BCUT2D eigenvalue weighted by molar-refractivity contribution is -0.136. The van der Waals surface area contributed by atoms with Crippen molar-refractivity contribution in [3.63, 3.8) is 0 Å². The number of piperazine rings is 1. The Balaban J connectivity index is 1.68. The van der Waals surface area contributed by atoms with Crippen molar-refractivity contribution in [1.29, 1.82) is 0 Å². The first-order valence-electron chi connectivity index (χ1n) is 12.9. The predicted octanol–water partition coefficient (Wildman–Crippen LogP) is 3.06. The maximum Gasteiger partial charge on any atom is 0.245 e. The minimum Gasteiger partial charge on any atom is -0.383 e. The lowest BCUT2D eigenvalue weighted by Crippen LogP contribution is -2.56. The molecule has 38 heavy (non-hydrogen) atoms. The number of nitrogens with one attached hydrogen (secondary N) is 2. The highest BCUT2D eigenvalue weighted by atomic mass is 35.5. The molecule has 2 atom stereocenters. The van der Waals surface area contributed by atoms with E-state index in [0.717, 1.165) is 12.1 Å². The van der Waals surface area contributed by atoms with Crippen LogP contribution < -0.4 is 15.5 Å². The SMILES string of the molecule is COCC(C)NCc1ccccc1N1CCN(C(=O)C(Cc2ccc(Cl)cc2Cl)NC(=O)CN(C)C)CC1. The molecule has 2 amide bonds. The third-order valence-electron chi connectivity index (χ3n) is 6.51. The zero-order chi connectivity index (χ0) is 27.7. The van der Waals surface area contributed by atoms with Gasteiger partial charge in [0, 0.05) is 68.0 Å². The van der Waals surface area contributed by atoms with E-state index in [2.05, 4.69) is 34.6 Å². The monoisotopic (exact) mass is 563 g/mol. The van der Waals surface area contributed by atoms with Crippen molar-refractivity contribution in [2.24, 2.45) is 0 Å². The second-order valence-corrected chi connectivity index (χ2v) is 10.8. The maximum atomic E-state index is 13.6. The van der Waals surface area contributed by atoms with Gasteiger partial charge in [-0.25, -0.2) is 0 Å². The van der Waals surface area contributed by atoms with Crippen LogP contribution in [0.4, 0.5) is 5.69 Å². The summed E-state index contributed by atoms with van der Waals surface area (Å²) < 4.78 is 5.23. The van der Waals surface area contributed by atoms with E-state index in [4.69, 9.17) is 27.9 Å². The van der Waals surface area contributed by atoms with Crippen LogP contribution in [0.25, 0.3) is 0 Å². The number of benzene rings is 2. The molecule has 2 aromatic carbocycles. The van der Waals surface area contributed by atoms with Crippen LogP contribution in [-0.4, -0.2) is 94.2 Å². The van der Waals surface area contributed by atoms with E-state index >= 15 is 0 Å². The van der Waals surface area contributed by atoms with Crippen LogP contribution in [0.2, 0.25) is 10.0 Å². The van der Waals surface area contributed by atoms with Gasteiger partial charge in [-0.3, -0.25) is 9.59 Å². The van der Waals surface area contributed by atoms with Crippen molar-refractivity contribution in [2.45, 2.75) is 32.0 Å². The molecular weight excluding hydrogens is 525 g/mol. The van der Waals surface area contributed by atoms with Gasteiger partial charge in [-0.15, -0.1) is 0 Å². The normalized spacial score (nSPS) is 15.4. The number of halogens is 2. The number of ether oxygens (including phenoxy) is 1. The van der Waals surface area contributed by atoms with E-state index in [9.17, 15) is 9.59 Å². The molecule has 0 saturated carbocycles. The van der Waals surface area contributed by atoms with Crippen molar-refractivity contribution >= 4 is 40.7 Å². The number of hydrogen-bond acceptors (Lipinski definition) is 6. The quantitative estimate of drug-likeness (QED) is 0.413. The van der Waals surface area contributed by atoms with Gasteiger partial charge in [0.2, 0.25) is 11.8 Å². The molecule has 3 rings (SSSR count). The summed E-state index contributed by atoms with van der Waals surface area (Å²) in [5.74, 6) is -0.313. The summed E-state index contributed by atoms with van der Waals surface area (Å²) in [5.41, 5.74) is 3.14. The fraction of sp³-hybridized carbons (Fsp3) is 0.500. The summed E-state index contributed by atoms with van der Waals surface area (Å²) in [6.45, 7) is 6.22. The van der Waals surface area contributed by atoms with E-state index in [-0.39, 0.29) is 24.4 Å². The Labute approximate surface area is 236 Å². The highest BCUT2D eigenvalue weighted by molar-refractivity contribution is 6.35. The lowest BCUT2D eigenvalue weighted by Gasteiger charge is -2.38.